The van der Waals surface area contributed by atoms with Crippen molar-refractivity contribution in [1.82, 2.24) is 0 Å². The third-order valence-electron chi connectivity index (χ3n) is 5.71. The van der Waals surface area contributed by atoms with E-state index >= 15 is 0 Å². The van der Waals surface area contributed by atoms with Crippen molar-refractivity contribution in [3.05, 3.63) is 89.0 Å². The molecule has 3 aromatic carbocycles. The lowest BCUT2D eigenvalue weighted by Crippen LogP contribution is -2.02. The fourth-order valence-corrected chi connectivity index (χ4v) is 4.22. The lowest BCUT2D eigenvalue weighted by Gasteiger charge is -2.15. The Balaban J connectivity index is 1.95. The first kappa shape index (κ1) is 26.7. The molecule has 0 aromatic heterocycles. The zero-order valence-electron chi connectivity index (χ0n) is 21.6. The van der Waals surface area contributed by atoms with E-state index in [0.717, 1.165) is 53.9 Å². The first-order valence-corrected chi connectivity index (χ1v) is 14.7. The molecule has 184 valence electrons. The fourth-order valence-electron chi connectivity index (χ4n) is 3.54. The van der Waals surface area contributed by atoms with Crippen LogP contribution in [0.5, 0.6) is 11.5 Å². The van der Waals surface area contributed by atoms with Gasteiger partial charge in [-0.2, -0.15) is 0 Å². The minimum absolute atomic E-state index is 0.271. The summed E-state index contributed by atoms with van der Waals surface area (Å²) in [5, 5.41) is 0. The molecular weight excluding hydrogens is 448 g/mol. The van der Waals surface area contributed by atoms with Gasteiger partial charge in [-0.25, -0.2) is 0 Å². The lowest BCUT2D eigenvalue weighted by molar-refractivity contribution is 0.300. The summed E-state index contributed by atoms with van der Waals surface area (Å²) in [7, 11) is 0.271. The molecule has 0 N–H and O–H groups in total. The van der Waals surface area contributed by atoms with Crippen LogP contribution in [0.1, 0.15) is 61.8 Å². The van der Waals surface area contributed by atoms with E-state index in [-0.39, 0.29) is 10.9 Å². The maximum absolute atomic E-state index is 6.25. The second-order valence-corrected chi connectivity index (χ2v) is 10.9. The third-order valence-corrected chi connectivity index (χ3v) is 6.93. The smallest absolute Gasteiger partial charge is 0.154 e. The van der Waals surface area contributed by atoms with Crippen LogP contribution in [-0.4, -0.2) is 25.7 Å². The second kappa shape index (κ2) is 14.5. The maximum Gasteiger partial charge on any atom is 0.154 e. The van der Waals surface area contributed by atoms with Crippen LogP contribution in [-0.2, 0) is 10.9 Å². The molecule has 0 aliphatic rings. The van der Waals surface area contributed by atoms with Crippen molar-refractivity contribution >= 4 is 35.2 Å². The van der Waals surface area contributed by atoms with Gasteiger partial charge in [-0.15, -0.1) is 0 Å². The Morgan fingerprint density at radius 3 is 1.57 bits per heavy atom. The quantitative estimate of drug-likeness (QED) is 0.136. The highest BCUT2D eigenvalue weighted by Gasteiger charge is 2.11. The zero-order valence-corrected chi connectivity index (χ0v) is 22.4. The van der Waals surface area contributed by atoms with E-state index in [4.69, 9.17) is 9.47 Å². The summed E-state index contributed by atoms with van der Waals surface area (Å²) in [5.74, 6) is 1.79. The molecule has 3 heteroatoms. The summed E-state index contributed by atoms with van der Waals surface area (Å²) in [4.78, 5) is 1.38. The molecule has 3 rings (SSSR count). The average molecular weight is 488 g/mol. The van der Waals surface area contributed by atoms with Gasteiger partial charge in [0.2, 0.25) is 0 Å². The second-order valence-electron chi connectivity index (χ2n) is 8.79. The minimum Gasteiger partial charge on any atom is -0.493 e. The van der Waals surface area contributed by atoms with Gasteiger partial charge in [0, 0.05) is 22.0 Å². The fraction of sp³-hybridized carbons (Fsp3) is 0.312. The summed E-state index contributed by atoms with van der Waals surface area (Å²) in [5.41, 5.74) is 4.42. The van der Waals surface area contributed by atoms with E-state index in [2.05, 4.69) is 111 Å². The first-order valence-electron chi connectivity index (χ1n) is 12.6. The van der Waals surface area contributed by atoms with E-state index in [1.165, 1.54) is 10.5 Å². The summed E-state index contributed by atoms with van der Waals surface area (Å²) in [6.07, 6.45) is 17.3. The topological polar surface area (TPSA) is 18.5 Å². The van der Waals surface area contributed by atoms with E-state index in [9.17, 15) is 0 Å². The summed E-state index contributed by atoms with van der Waals surface area (Å²) >= 11 is 0. The monoisotopic (exact) mass is 487 g/mol. The van der Waals surface area contributed by atoms with Gasteiger partial charge in [-0.1, -0.05) is 93.5 Å². The number of unbranched alkanes of at least 4 members (excludes halogenated alkanes) is 2. The number of ether oxygens (including phenoxy) is 2. The van der Waals surface area contributed by atoms with Crippen molar-refractivity contribution in [3.63, 3.8) is 0 Å². The molecule has 2 nitrogen and oxygen atoms in total. The van der Waals surface area contributed by atoms with Gasteiger partial charge in [-0.3, -0.25) is 0 Å². The van der Waals surface area contributed by atoms with Crippen LogP contribution in [0.25, 0.3) is 24.3 Å². The average Bonchev–Trinajstić information content (AvgIpc) is 2.88. The lowest BCUT2D eigenvalue weighted by atomic mass is 10.1. The molecule has 0 heterocycles. The Bertz CT molecular complexity index is 1080. The van der Waals surface area contributed by atoms with Crippen molar-refractivity contribution < 1.29 is 9.47 Å². The van der Waals surface area contributed by atoms with Crippen molar-refractivity contribution in [2.45, 2.75) is 44.4 Å². The SMILES string of the molecule is CCCCOc1cc(/C=C/c2ccc([S+](C)C)cc2)c(OCCCC)cc1/C=C/c1ccccc1. The molecular formula is C32H39O2S+. The van der Waals surface area contributed by atoms with Crippen LogP contribution >= 0.6 is 0 Å². The number of benzene rings is 3. The van der Waals surface area contributed by atoms with Gasteiger partial charge < -0.3 is 9.47 Å². The van der Waals surface area contributed by atoms with Gasteiger partial charge in [0.05, 0.1) is 13.2 Å². The zero-order chi connectivity index (χ0) is 24.9. The van der Waals surface area contributed by atoms with Crippen LogP contribution in [0.4, 0.5) is 0 Å². The molecule has 35 heavy (non-hydrogen) atoms. The van der Waals surface area contributed by atoms with E-state index in [1.54, 1.807) is 0 Å². The van der Waals surface area contributed by atoms with Crippen LogP contribution in [0.15, 0.2) is 71.6 Å². The van der Waals surface area contributed by atoms with Gasteiger partial charge in [0.1, 0.15) is 24.0 Å². The van der Waals surface area contributed by atoms with E-state index in [0.29, 0.717) is 13.2 Å². The number of rotatable bonds is 13. The van der Waals surface area contributed by atoms with E-state index < -0.39 is 0 Å². The summed E-state index contributed by atoms with van der Waals surface area (Å²) < 4.78 is 12.5. The third kappa shape index (κ3) is 8.67. The van der Waals surface area contributed by atoms with Crippen molar-refractivity contribution in [1.29, 1.82) is 0 Å². The minimum atomic E-state index is 0.271. The highest BCUT2D eigenvalue weighted by atomic mass is 32.2. The first-order chi connectivity index (χ1) is 17.1. The van der Waals surface area contributed by atoms with Gasteiger partial charge >= 0.3 is 0 Å². The molecule has 0 spiro atoms. The molecule has 0 fully saturated rings. The number of hydrogen-bond donors (Lipinski definition) is 0. The predicted octanol–water partition coefficient (Wildman–Crippen LogP) is 8.62. The Morgan fingerprint density at radius 2 is 1.11 bits per heavy atom. The molecule has 0 aliphatic heterocycles. The molecule has 0 amide bonds. The van der Waals surface area contributed by atoms with Crippen molar-refractivity contribution in [2.24, 2.45) is 0 Å². The normalized spacial score (nSPS) is 11.6. The highest BCUT2D eigenvalue weighted by Crippen LogP contribution is 2.32. The maximum atomic E-state index is 6.25. The molecule has 3 aromatic rings. The standard InChI is InChI=1S/C32H39O2S/c1-5-7-22-33-31-25-29(19-15-27-16-20-30(21-17-27)35(3)4)32(34-23-8-6-2)24-28(31)18-14-26-12-10-9-11-13-26/h9-21,24-25H,5-8,22-23H2,1-4H3/q+1/b18-14+,19-15+. The Hall–Kier alpha value is -2.91. The predicted molar refractivity (Wildman–Crippen MR) is 155 cm³/mol. The Morgan fingerprint density at radius 1 is 0.629 bits per heavy atom. The Kier molecular flexibility index (Phi) is 11.0. The molecule has 0 atom stereocenters. The van der Waals surface area contributed by atoms with Gasteiger partial charge in [-0.05, 0) is 48.2 Å². The molecule has 0 saturated heterocycles. The van der Waals surface area contributed by atoms with Crippen LogP contribution in [0, 0.1) is 0 Å². The summed E-state index contributed by atoms with van der Waals surface area (Å²) in [6.45, 7) is 5.78. The molecule has 0 radical (unpaired) electrons. The van der Waals surface area contributed by atoms with Gasteiger partial charge in [0.25, 0.3) is 0 Å². The largest absolute Gasteiger partial charge is 0.493 e. The van der Waals surface area contributed by atoms with Crippen molar-refractivity contribution in [3.8, 4) is 11.5 Å². The molecule has 0 unspecified atom stereocenters. The van der Waals surface area contributed by atoms with E-state index in [1.807, 2.05) is 6.07 Å². The van der Waals surface area contributed by atoms with Crippen LogP contribution < -0.4 is 9.47 Å². The molecule has 0 saturated carbocycles. The van der Waals surface area contributed by atoms with Crippen molar-refractivity contribution in [2.75, 3.05) is 25.7 Å². The molecule has 0 aliphatic carbocycles. The highest BCUT2D eigenvalue weighted by molar-refractivity contribution is 7.95. The van der Waals surface area contributed by atoms with Crippen LogP contribution in [0.2, 0.25) is 0 Å². The van der Waals surface area contributed by atoms with Gasteiger partial charge in [0.15, 0.2) is 4.90 Å². The molecule has 0 bridgehead atoms. The van der Waals surface area contributed by atoms with Crippen LogP contribution in [0.3, 0.4) is 0 Å². The number of hydrogen-bond acceptors (Lipinski definition) is 2. The Labute approximate surface area is 215 Å². The summed E-state index contributed by atoms with van der Waals surface area (Å²) in [6, 6.07) is 23.4.